The van der Waals surface area contributed by atoms with Gasteiger partial charge in [-0.25, -0.2) is 13.8 Å². The molecule has 0 bridgehead atoms. The zero-order valence-electron chi connectivity index (χ0n) is 9.25. The van der Waals surface area contributed by atoms with Crippen LogP contribution >= 0.6 is 0 Å². The summed E-state index contributed by atoms with van der Waals surface area (Å²) < 4.78 is 28.6. The Morgan fingerprint density at radius 3 is 3.00 bits per heavy atom. The maximum atomic E-state index is 11.9. The predicted molar refractivity (Wildman–Crippen MR) is 58.7 cm³/mol. The summed E-state index contributed by atoms with van der Waals surface area (Å²) in [4.78, 5) is 4.14. The molecular weight excluding hydrogens is 214 g/mol. The van der Waals surface area contributed by atoms with E-state index < -0.39 is 13.0 Å². The molecule has 0 radical (unpaired) electrons. The number of pyridine rings is 1. The fourth-order valence-electron chi connectivity index (χ4n) is 1.22. The molecule has 16 heavy (non-hydrogen) atoms. The van der Waals surface area contributed by atoms with Crippen molar-refractivity contribution in [2.24, 2.45) is 0 Å². The molecule has 0 spiro atoms. The fraction of sp³-hybridized carbons (Fsp3) is 0.545. The van der Waals surface area contributed by atoms with Crippen LogP contribution in [0, 0.1) is 0 Å². The number of halogens is 2. The maximum Gasteiger partial charge on any atom is 0.261 e. The molecule has 1 heterocycles. The SMILES string of the molecule is CCCNc1ncccc1COCC(F)F. The lowest BCUT2D eigenvalue weighted by Gasteiger charge is -2.10. The molecule has 0 saturated carbocycles. The summed E-state index contributed by atoms with van der Waals surface area (Å²) in [6, 6.07) is 3.58. The maximum absolute atomic E-state index is 11.9. The second kappa shape index (κ2) is 7.11. The highest BCUT2D eigenvalue weighted by Gasteiger charge is 2.05. The Morgan fingerprint density at radius 2 is 2.31 bits per heavy atom. The van der Waals surface area contributed by atoms with Crippen LogP contribution in [-0.4, -0.2) is 24.6 Å². The zero-order chi connectivity index (χ0) is 11.8. The molecule has 0 atom stereocenters. The van der Waals surface area contributed by atoms with E-state index in [2.05, 4.69) is 10.3 Å². The predicted octanol–water partition coefficient (Wildman–Crippen LogP) is 2.69. The van der Waals surface area contributed by atoms with Crippen LogP contribution in [0.3, 0.4) is 0 Å². The number of aromatic nitrogens is 1. The second-order valence-electron chi connectivity index (χ2n) is 3.34. The summed E-state index contributed by atoms with van der Waals surface area (Å²) in [7, 11) is 0. The molecule has 1 aromatic heterocycles. The van der Waals surface area contributed by atoms with Gasteiger partial charge in [0.25, 0.3) is 6.43 Å². The van der Waals surface area contributed by atoms with E-state index in [9.17, 15) is 8.78 Å². The van der Waals surface area contributed by atoms with E-state index in [-0.39, 0.29) is 6.61 Å². The minimum absolute atomic E-state index is 0.157. The van der Waals surface area contributed by atoms with Gasteiger partial charge in [-0.05, 0) is 12.5 Å². The molecule has 0 fully saturated rings. The number of hydrogen-bond acceptors (Lipinski definition) is 3. The Hall–Kier alpha value is -1.23. The third-order valence-corrected chi connectivity index (χ3v) is 1.94. The summed E-state index contributed by atoms with van der Waals surface area (Å²) in [5.41, 5.74) is 0.802. The largest absolute Gasteiger partial charge is 0.371 e. The Labute approximate surface area is 93.8 Å². The number of nitrogens with one attached hydrogen (secondary N) is 1. The van der Waals surface area contributed by atoms with Gasteiger partial charge in [0, 0.05) is 18.3 Å². The molecule has 1 aromatic rings. The summed E-state index contributed by atoms with van der Waals surface area (Å²) >= 11 is 0. The highest BCUT2D eigenvalue weighted by molar-refractivity contribution is 5.43. The summed E-state index contributed by atoms with van der Waals surface area (Å²) in [6.45, 7) is 2.47. The molecule has 0 amide bonds. The highest BCUT2D eigenvalue weighted by atomic mass is 19.3. The number of hydrogen-bond donors (Lipinski definition) is 1. The molecule has 5 heteroatoms. The first-order valence-corrected chi connectivity index (χ1v) is 5.27. The smallest absolute Gasteiger partial charge is 0.261 e. The minimum atomic E-state index is -2.43. The zero-order valence-corrected chi connectivity index (χ0v) is 9.25. The van der Waals surface area contributed by atoms with Crippen LogP contribution < -0.4 is 5.32 Å². The van der Waals surface area contributed by atoms with E-state index >= 15 is 0 Å². The number of nitrogens with zero attached hydrogens (tertiary/aromatic N) is 1. The first-order chi connectivity index (χ1) is 7.74. The molecule has 0 aliphatic heterocycles. The summed E-state index contributed by atoms with van der Waals surface area (Å²) in [5.74, 6) is 0.707. The van der Waals surface area contributed by atoms with Gasteiger partial charge in [-0.2, -0.15) is 0 Å². The van der Waals surface area contributed by atoms with Crippen LogP contribution in [0.2, 0.25) is 0 Å². The standard InChI is InChI=1S/C11H16F2N2O/c1-2-5-14-11-9(4-3-6-15-11)7-16-8-10(12)13/h3-4,6,10H,2,5,7-8H2,1H3,(H,14,15). The first kappa shape index (κ1) is 12.8. The quantitative estimate of drug-likeness (QED) is 0.782. The van der Waals surface area contributed by atoms with E-state index in [0.29, 0.717) is 5.82 Å². The van der Waals surface area contributed by atoms with Gasteiger partial charge in [-0.3, -0.25) is 0 Å². The molecular formula is C11H16F2N2O. The molecule has 0 saturated heterocycles. The van der Waals surface area contributed by atoms with E-state index in [1.165, 1.54) is 0 Å². The van der Waals surface area contributed by atoms with Gasteiger partial charge in [0.2, 0.25) is 0 Å². The second-order valence-corrected chi connectivity index (χ2v) is 3.34. The Balaban J connectivity index is 2.49. The van der Waals surface area contributed by atoms with Gasteiger partial charge in [0.05, 0.1) is 6.61 Å². The molecule has 1 rings (SSSR count). The number of anilines is 1. The number of rotatable bonds is 7. The van der Waals surface area contributed by atoms with E-state index in [4.69, 9.17) is 4.74 Å². The molecule has 0 unspecified atom stereocenters. The lowest BCUT2D eigenvalue weighted by molar-refractivity contribution is 0.00997. The van der Waals surface area contributed by atoms with E-state index in [1.807, 2.05) is 13.0 Å². The average Bonchev–Trinajstić information content (AvgIpc) is 2.27. The molecule has 0 aliphatic carbocycles. The van der Waals surface area contributed by atoms with Crippen molar-refractivity contribution in [3.8, 4) is 0 Å². The van der Waals surface area contributed by atoms with Crippen molar-refractivity contribution in [3.63, 3.8) is 0 Å². The Bertz CT molecular complexity index is 308. The summed E-state index contributed by atoms with van der Waals surface area (Å²) in [5, 5.41) is 3.12. The molecule has 90 valence electrons. The summed E-state index contributed by atoms with van der Waals surface area (Å²) in [6.07, 6.45) is 0.214. The monoisotopic (exact) mass is 230 g/mol. The van der Waals surface area contributed by atoms with Crippen LogP contribution in [0.25, 0.3) is 0 Å². The van der Waals surface area contributed by atoms with Crippen LogP contribution in [0.5, 0.6) is 0 Å². The normalized spacial score (nSPS) is 10.8. The van der Waals surface area contributed by atoms with Crippen LogP contribution in [-0.2, 0) is 11.3 Å². The van der Waals surface area contributed by atoms with Crippen molar-refractivity contribution in [1.82, 2.24) is 4.98 Å². The van der Waals surface area contributed by atoms with Crippen molar-refractivity contribution >= 4 is 5.82 Å². The van der Waals surface area contributed by atoms with Crippen molar-refractivity contribution in [2.45, 2.75) is 26.4 Å². The van der Waals surface area contributed by atoms with Gasteiger partial charge in [-0.1, -0.05) is 13.0 Å². The molecule has 0 aliphatic rings. The first-order valence-electron chi connectivity index (χ1n) is 5.27. The number of alkyl halides is 2. The topological polar surface area (TPSA) is 34.2 Å². The average molecular weight is 230 g/mol. The van der Waals surface area contributed by atoms with Gasteiger partial charge in [0.15, 0.2) is 0 Å². The van der Waals surface area contributed by atoms with Gasteiger partial charge in [0.1, 0.15) is 12.4 Å². The van der Waals surface area contributed by atoms with Crippen molar-refractivity contribution in [3.05, 3.63) is 23.9 Å². The molecule has 0 aromatic carbocycles. The minimum Gasteiger partial charge on any atom is -0.371 e. The lowest BCUT2D eigenvalue weighted by atomic mass is 10.2. The van der Waals surface area contributed by atoms with Crippen molar-refractivity contribution in [1.29, 1.82) is 0 Å². The van der Waals surface area contributed by atoms with Gasteiger partial charge in [-0.15, -0.1) is 0 Å². The highest BCUT2D eigenvalue weighted by Crippen LogP contribution is 2.13. The molecule has 1 N–H and O–H groups in total. The van der Waals surface area contributed by atoms with Crippen LogP contribution in [0.15, 0.2) is 18.3 Å². The van der Waals surface area contributed by atoms with Crippen LogP contribution in [0.1, 0.15) is 18.9 Å². The molecule has 3 nitrogen and oxygen atoms in total. The number of ether oxygens (including phenoxy) is 1. The third kappa shape index (κ3) is 4.53. The van der Waals surface area contributed by atoms with E-state index in [1.54, 1.807) is 12.3 Å². The van der Waals surface area contributed by atoms with Gasteiger partial charge < -0.3 is 10.1 Å². The van der Waals surface area contributed by atoms with Crippen molar-refractivity contribution < 1.29 is 13.5 Å². The van der Waals surface area contributed by atoms with E-state index in [0.717, 1.165) is 18.5 Å². The Morgan fingerprint density at radius 1 is 1.50 bits per heavy atom. The third-order valence-electron chi connectivity index (χ3n) is 1.94. The Kier molecular flexibility index (Phi) is 5.71. The lowest BCUT2D eigenvalue weighted by Crippen LogP contribution is -2.08. The van der Waals surface area contributed by atoms with Gasteiger partial charge >= 0.3 is 0 Å². The fourth-order valence-corrected chi connectivity index (χ4v) is 1.22. The van der Waals surface area contributed by atoms with Crippen molar-refractivity contribution in [2.75, 3.05) is 18.5 Å². The van der Waals surface area contributed by atoms with Crippen LogP contribution in [0.4, 0.5) is 14.6 Å².